The van der Waals surface area contributed by atoms with Crippen molar-refractivity contribution >= 4 is 47.8 Å². The Morgan fingerprint density at radius 1 is 0.650 bits per heavy atom. The van der Waals surface area contributed by atoms with Gasteiger partial charge in [-0.05, 0) is 32.1 Å². The maximum Gasteiger partial charge on any atom is 0.135 e. The van der Waals surface area contributed by atoms with Gasteiger partial charge in [-0.1, -0.05) is 87.8 Å². The lowest BCUT2D eigenvalue weighted by Gasteiger charge is -2.39. The van der Waals surface area contributed by atoms with Crippen molar-refractivity contribution in [3.05, 3.63) is 0 Å². The molecule has 0 fully saturated rings. The first kappa shape index (κ1) is 21.4. The van der Waals surface area contributed by atoms with E-state index in [2.05, 4.69) is 68.6 Å². The van der Waals surface area contributed by atoms with Gasteiger partial charge in [0.1, 0.15) is 2.14 Å². The molecular weight excluding hydrogens is 446 g/mol. The van der Waals surface area contributed by atoms with E-state index >= 15 is 0 Å². The minimum absolute atomic E-state index is 0.0665. The zero-order valence-corrected chi connectivity index (χ0v) is 18.3. The van der Waals surface area contributed by atoms with E-state index in [0.29, 0.717) is 0 Å². The van der Waals surface area contributed by atoms with Gasteiger partial charge in [-0.3, -0.25) is 0 Å². The highest BCUT2D eigenvalue weighted by Gasteiger charge is 2.27. The fourth-order valence-electron chi connectivity index (χ4n) is 2.77. The van der Waals surface area contributed by atoms with Crippen LogP contribution in [0.5, 0.6) is 0 Å². The zero-order chi connectivity index (χ0) is 15.5. The average molecular weight is 479 g/mol. The van der Waals surface area contributed by atoms with Gasteiger partial charge in [-0.2, -0.15) is 0 Å². The number of halogens is 3. The summed E-state index contributed by atoms with van der Waals surface area (Å²) >= 11 is 10.9. The summed E-state index contributed by atoms with van der Waals surface area (Å²) in [5.74, 6) is 0. The van der Waals surface area contributed by atoms with E-state index in [-0.39, 0.29) is 2.14 Å². The topological polar surface area (TPSA) is 0 Å². The largest absolute Gasteiger partial charge is 0.324 e. The van der Waals surface area contributed by atoms with Gasteiger partial charge in [0.25, 0.3) is 0 Å². The minimum atomic E-state index is -0.0665. The second-order valence-corrected chi connectivity index (χ2v) is 13.3. The Hall–Kier alpha value is 1.40. The number of nitrogens with zero attached hydrogens (tertiary/aromatic N) is 1. The molecule has 0 aliphatic rings. The van der Waals surface area contributed by atoms with Crippen LogP contribution in [0, 0.1) is 0 Å². The summed E-state index contributed by atoms with van der Waals surface area (Å²) in [5.41, 5.74) is 0. The first-order chi connectivity index (χ1) is 9.39. The molecule has 122 valence electrons. The van der Waals surface area contributed by atoms with Crippen LogP contribution in [0.2, 0.25) is 0 Å². The van der Waals surface area contributed by atoms with Gasteiger partial charge in [-0.15, -0.1) is 0 Å². The number of alkyl halides is 3. The molecule has 0 heterocycles. The third-order valence-corrected chi connectivity index (χ3v) is 5.24. The summed E-state index contributed by atoms with van der Waals surface area (Å²) in [6.45, 7) is 12.4. The third-order valence-electron chi connectivity index (χ3n) is 4.05. The number of rotatable bonds is 12. The van der Waals surface area contributed by atoms with E-state index in [1.54, 1.807) is 0 Å². The third kappa shape index (κ3) is 11.0. The van der Waals surface area contributed by atoms with Gasteiger partial charge in [0, 0.05) is 0 Å². The Morgan fingerprint density at radius 3 is 1.30 bits per heavy atom. The lowest BCUT2D eigenvalue weighted by atomic mass is 10.1. The lowest BCUT2D eigenvalue weighted by Crippen LogP contribution is -2.50. The van der Waals surface area contributed by atoms with Crippen molar-refractivity contribution in [2.24, 2.45) is 0 Å². The molecule has 0 unspecified atom stereocenters. The summed E-state index contributed by atoms with van der Waals surface area (Å²) in [5, 5.41) is 0. The highest BCUT2D eigenvalue weighted by Crippen LogP contribution is 2.38. The zero-order valence-electron chi connectivity index (χ0n) is 13.6. The van der Waals surface area contributed by atoms with E-state index in [1.165, 1.54) is 75.6 Å². The maximum atomic E-state index is 3.63. The first-order valence-electron chi connectivity index (χ1n) is 8.31. The summed E-state index contributed by atoms with van der Waals surface area (Å²) < 4.78 is 1.28. The quantitative estimate of drug-likeness (QED) is 0.213. The number of quaternary nitrogens is 1. The van der Waals surface area contributed by atoms with Crippen molar-refractivity contribution in [1.29, 1.82) is 0 Å². The van der Waals surface area contributed by atoms with Crippen LogP contribution < -0.4 is 0 Å². The van der Waals surface area contributed by atoms with Crippen molar-refractivity contribution in [3.8, 4) is 0 Å². The van der Waals surface area contributed by atoms with Crippen LogP contribution in [-0.2, 0) is 0 Å². The van der Waals surface area contributed by atoms with E-state index in [0.717, 1.165) is 6.42 Å². The van der Waals surface area contributed by atoms with E-state index in [4.69, 9.17) is 0 Å². The second kappa shape index (κ2) is 11.9. The fourth-order valence-corrected chi connectivity index (χ4v) is 3.61. The predicted octanol–water partition coefficient (Wildman–Crippen LogP) is 6.82. The molecule has 0 atom stereocenters. The lowest BCUT2D eigenvalue weighted by molar-refractivity contribution is -0.929. The molecule has 0 aliphatic heterocycles. The van der Waals surface area contributed by atoms with Crippen molar-refractivity contribution in [3.63, 3.8) is 0 Å². The number of unbranched alkanes of at least 4 members (excludes halogenated alkanes) is 3. The summed E-state index contributed by atoms with van der Waals surface area (Å²) in [7, 11) is 0. The molecule has 0 aliphatic carbocycles. The molecule has 0 saturated carbocycles. The van der Waals surface area contributed by atoms with E-state index < -0.39 is 0 Å². The normalized spacial score (nSPS) is 12.9. The van der Waals surface area contributed by atoms with E-state index in [1.807, 2.05) is 0 Å². The molecule has 0 saturated heterocycles. The Balaban J connectivity index is 4.57. The van der Waals surface area contributed by atoms with Gasteiger partial charge in [-0.25, -0.2) is 0 Å². The molecule has 0 aromatic rings. The predicted molar refractivity (Wildman–Crippen MR) is 103 cm³/mol. The van der Waals surface area contributed by atoms with Crippen molar-refractivity contribution in [2.45, 2.75) is 74.3 Å². The van der Waals surface area contributed by atoms with Gasteiger partial charge in [0.15, 0.2) is 0 Å². The van der Waals surface area contributed by atoms with Gasteiger partial charge < -0.3 is 4.48 Å². The first-order valence-corrected chi connectivity index (χ1v) is 10.7. The van der Waals surface area contributed by atoms with Crippen molar-refractivity contribution in [2.75, 3.05) is 26.2 Å². The molecule has 0 amide bonds. The highest BCUT2D eigenvalue weighted by atomic mass is 80.0. The average Bonchev–Trinajstić information content (AvgIpc) is 2.38. The molecule has 0 aromatic carbocycles. The maximum absolute atomic E-state index is 3.63. The van der Waals surface area contributed by atoms with Crippen LogP contribution in [0.15, 0.2) is 0 Å². The molecule has 0 aromatic heterocycles. The molecular formula is C16H33Br3N+. The smallest absolute Gasteiger partial charge is 0.135 e. The molecule has 0 N–H and O–H groups in total. The van der Waals surface area contributed by atoms with E-state index in [9.17, 15) is 0 Å². The Kier molecular flexibility index (Phi) is 12.7. The molecule has 4 heteroatoms. The van der Waals surface area contributed by atoms with Crippen LogP contribution >= 0.6 is 47.8 Å². The highest BCUT2D eigenvalue weighted by molar-refractivity contribution is 9.39. The van der Waals surface area contributed by atoms with Crippen molar-refractivity contribution in [1.82, 2.24) is 0 Å². The standard InChI is InChI=1S/C16H33Br3N/c1-4-7-12-20(13-8-5-2,14-9-6-3)15-10-11-16(17,18)19/h4-15H2,1-3H3/q+1. The van der Waals surface area contributed by atoms with Crippen molar-refractivity contribution < 1.29 is 4.48 Å². The molecule has 0 spiro atoms. The number of hydrogen-bond donors (Lipinski definition) is 0. The van der Waals surface area contributed by atoms with Gasteiger partial charge in [0.2, 0.25) is 0 Å². The summed E-state index contributed by atoms with van der Waals surface area (Å²) in [6.07, 6.45) is 10.4. The molecule has 1 nitrogen and oxygen atoms in total. The van der Waals surface area contributed by atoms with Crippen LogP contribution in [0.25, 0.3) is 0 Å². The fraction of sp³-hybridized carbons (Fsp3) is 1.00. The number of hydrogen-bond acceptors (Lipinski definition) is 0. The van der Waals surface area contributed by atoms with Crippen LogP contribution in [0.3, 0.4) is 0 Å². The SMILES string of the molecule is CCCC[N+](CCCC)(CCCC)CCCC(Br)(Br)Br. The molecule has 0 rings (SSSR count). The molecule has 20 heavy (non-hydrogen) atoms. The van der Waals surface area contributed by atoms with Crippen LogP contribution in [-0.4, -0.2) is 32.8 Å². The molecule has 0 radical (unpaired) electrons. The second-order valence-electron chi connectivity index (χ2n) is 6.02. The monoisotopic (exact) mass is 476 g/mol. The van der Waals surface area contributed by atoms with Gasteiger partial charge >= 0.3 is 0 Å². The van der Waals surface area contributed by atoms with Gasteiger partial charge in [0.05, 0.1) is 26.2 Å². The Morgan fingerprint density at radius 2 is 1.00 bits per heavy atom. The van der Waals surface area contributed by atoms with Crippen LogP contribution in [0.4, 0.5) is 0 Å². The summed E-state index contributed by atoms with van der Waals surface area (Å²) in [4.78, 5) is 0. The Labute approximate surface area is 152 Å². The molecule has 0 bridgehead atoms. The Bertz CT molecular complexity index is 204. The summed E-state index contributed by atoms with van der Waals surface area (Å²) in [6, 6.07) is 0. The van der Waals surface area contributed by atoms with Crippen LogP contribution in [0.1, 0.15) is 72.1 Å². The minimum Gasteiger partial charge on any atom is -0.324 e.